The van der Waals surface area contributed by atoms with E-state index in [2.05, 4.69) is 9.88 Å². The summed E-state index contributed by atoms with van der Waals surface area (Å²) >= 11 is 0. The number of pyridine rings is 1. The van der Waals surface area contributed by atoms with Crippen LogP contribution >= 0.6 is 0 Å². The molecule has 0 aromatic carbocycles. The number of hydrogen-bond acceptors (Lipinski definition) is 4. The molecule has 0 bridgehead atoms. The molecular formula is C11H17N3O. The molecule has 2 N–H and O–H groups in total. The summed E-state index contributed by atoms with van der Waals surface area (Å²) in [5.74, 6) is 0. The number of rotatable bonds is 3. The van der Waals surface area contributed by atoms with Crippen molar-refractivity contribution < 1.29 is 4.74 Å². The van der Waals surface area contributed by atoms with Gasteiger partial charge in [-0.1, -0.05) is 6.07 Å². The zero-order chi connectivity index (χ0) is 10.5. The van der Waals surface area contributed by atoms with Gasteiger partial charge in [0, 0.05) is 32.4 Å². The predicted octanol–water partition coefficient (Wildman–Crippen LogP) is 0.241. The van der Waals surface area contributed by atoms with Gasteiger partial charge in [0.2, 0.25) is 0 Å². The van der Waals surface area contributed by atoms with E-state index in [4.69, 9.17) is 10.5 Å². The van der Waals surface area contributed by atoms with Crippen LogP contribution in [0, 0.1) is 0 Å². The van der Waals surface area contributed by atoms with Gasteiger partial charge >= 0.3 is 0 Å². The maximum absolute atomic E-state index is 5.59. The molecule has 0 spiro atoms. The number of nitrogens with zero attached hydrogens (tertiary/aromatic N) is 2. The Kier molecular flexibility index (Phi) is 3.66. The summed E-state index contributed by atoms with van der Waals surface area (Å²) in [5, 5.41) is 0. The number of nitrogens with two attached hydrogens (primary N) is 1. The molecule has 1 fully saturated rings. The zero-order valence-corrected chi connectivity index (χ0v) is 8.80. The van der Waals surface area contributed by atoms with Crippen molar-refractivity contribution >= 4 is 0 Å². The Balaban J connectivity index is 1.89. The topological polar surface area (TPSA) is 51.4 Å². The van der Waals surface area contributed by atoms with Crippen LogP contribution in [0.4, 0.5) is 0 Å². The number of morpholine rings is 1. The first-order valence-electron chi connectivity index (χ1n) is 5.32. The highest BCUT2D eigenvalue weighted by Crippen LogP contribution is 2.07. The van der Waals surface area contributed by atoms with Crippen molar-refractivity contribution in [3.8, 4) is 0 Å². The first-order valence-corrected chi connectivity index (χ1v) is 5.32. The normalized spacial score (nSPS) is 22.9. The molecular weight excluding hydrogens is 190 g/mol. The third-order valence-corrected chi connectivity index (χ3v) is 2.60. The summed E-state index contributed by atoms with van der Waals surface area (Å²) in [6.45, 7) is 4.13. The highest BCUT2D eigenvalue weighted by atomic mass is 16.5. The second-order valence-electron chi connectivity index (χ2n) is 3.78. The van der Waals surface area contributed by atoms with Crippen molar-refractivity contribution in [1.82, 2.24) is 9.88 Å². The highest BCUT2D eigenvalue weighted by Gasteiger charge is 2.19. The fraction of sp³-hybridized carbons (Fsp3) is 0.545. The standard InChI is InChI=1S/C11H17N3O/c12-7-11-9-14(5-6-15-11)8-10-3-1-2-4-13-10/h1-4,11H,5-9,12H2/t11-/m0/s1. The van der Waals surface area contributed by atoms with E-state index in [9.17, 15) is 0 Å². The molecule has 2 heterocycles. The van der Waals surface area contributed by atoms with Crippen LogP contribution < -0.4 is 5.73 Å². The molecule has 0 amide bonds. The Hall–Kier alpha value is -0.970. The van der Waals surface area contributed by atoms with E-state index in [1.54, 1.807) is 0 Å². The van der Waals surface area contributed by atoms with Crippen LogP contribution in [0.25, 0.3) is 0 Å². The smallest absolute Gasteiger partial charge is 0.0824 e. The second kappa shape index (κ2) is 5.21. The summed E-state index contributed by atoms with van der Waals surface area (Å²) in [7, 11) is 0. The van der Waals surface area contributed by atoms with E-state index in [0.717, 1.165) is 31.9 Å². The third kappa shape index (κ3) is 2.99. The van der Waals surface area contributed by atoms with Gasteiger partial charge in [-0.3, -0.25) is 9.88 Å². The van der Waals surface area contributed by atoms with Gasteiger partial charge in [0.05, 0.1) is 18.4 Å². The van der Waals surface area contributed by atoms with Crippen molar-refractivity contribution in [2.24, 2.45) is 5.73 Å². The molecule has 1 aromatic rings. The van der Waals surface area contributed by atoms with E-state index >= 15 is 0 Å². The molecule has 4 heteroatoms. The van der Waals surface area contributed by atoms with E-state index in [1.165, 1.54) is 0 Å². The fourth-order valence-electron chi connectivity index (χ4n) is 1.79. The minimum absolute atomic E-state index is 0.183. The monoisotopic (exact) mass is 207 g/mol. The van der Waals surface area contributed by atoms with E-state index in [1.807, 2.05) is 24.4 Å². The molecule has 2 rings (SSSR count). The van der Waals surface area contributed by atoms with Gasteiger partial charge in [-0.2, -0.15) is 0 Å². The average molecular weight is 207 g/mol. The van der Waals surface area contributed by atoms with Crippen LogP contribution in [0.3, 0.4) is 0 Å². The van der Waals surface area contributed by atoms with Gasteiger partial charge in [0.15, 0.2) is 0 Å². The van der Waals surface area contributed by atoms with Crippen molar-refractivity contribution in [3.05, 3.63) is 30.1 Å². The molecule has 0 aliphatic carbocycles. The molecule has 1 saturated heterocycles. The molecule has 4 nitrogen and oxygen atoms in total. The molecule has 82 valence electrons. The lowest BCUT2D eigenvalue weighted by Gasteiger charge is -2.31. The first kappa shape index (κ1) is 10.5. The highest BCUT2D eigenvalue weighted by molar-refractivity contribution is 5.03. The first-order chi connectivity index (χ1) is 7.38. The fourth-order valence-corrected chi connectivity index (χ4v) is 1.79. The summed E-state index contributed by atoms with van der Waals surface area (Å²) in [5.41, 5.74) is 6.70. The maximum atomic E-state index is 5.59. The van der Waals surface area contributed by atoms with Gasteiger partial charge in [-0.05, 0) is 12.1 Å². The van der Waals surface area contributed by atoms with Crippen molar-refractivity contribution in [3.63, 3.8) is 0 Å². The van der Waals surface area contributed by atoms with Crippen molar-refractivity contribution in [1.29, 1.82) is 0 Å². The Morgan fingerprint density at radius 3 is 3.20 bits per heavy atom. The molecule has 0 unspecified atom stereocenters. The van der Waals surface area contributed by atoms with Gasteiger partial charge in [0.1, 0.15) is 0 Å². The van der Waals surface area contributed by atoms with Crippen LogP contribution in [-0.4, -0.2) is 42.2 Å². The predicted molar refractivity (Wildman–Crippen MR) is 58.3 cm³/mol. The van der Waals surface area contributed by atoms with Gasteiger partial charge in [0.25, 0.3) is 0 Å². The number of hydrogen-bond donors (Lipinski definition) is 1. The lowest BCUT2D eigenvalue weighted by molar-refractivity contribution is -0.0264. The summed E-state index contributed by atoms with van der Waals surface area (Å²) in [4.78, 5) is 6.65. The molecule has 1 aliphatic rings. The van der Waals surface area contributed by atoms with Gasteiger partial charge in [-0.25, -0.2) is 0 Å². The number of ether oxygens (including phenoxy) is 1. The maximum Gasteiger partial charge on any atom is 0.0824 e. The van der Waals surface area contributed by atoms with E-state index in [0.29, 0.717) is 6.54 Å². The van der Waals surface area contributed by atoms with Crippen LogP contribution in [0.5, 0.6) is 0 Å². The Morgan fingerprint density at radius 1 is 1.53 bits per heavy atom. The lowest BCUT2D eigenvalue weighted by Crippen LogP contribution is -2.45. The summed E-state index contributed by atoms with van der Waals surface area (Å²) in [6.07, 6.45) is 2.01. The average Bonchev–Trinajstić information content (AvgIpc) is 2.31. The second-order valence-corrected chi connectivity index (χ2v) is 3.78. The van der Waals surface area contributed by atoms with E-state index in [-0.39, 0.29) is 6.10 Å². The van der Waals surface area contributed by atoms with Gasteiger partial charge < -0.3 is 10.5 Å². The van der Waals surface area contributed by atoms with Gasteiger partial charge in [-0.15, -0.1) is 0 Å². The minimum atomic E-state index is 0.183. The molecule has 0 saturated carbocycles. The van der Waals surface area contributed by atoms with Crippen LogP contribution in [-0.2, 0) is 11.3 Å². The SMILES string of the molecule is NC[C@H]1CN(Cc2ccccn2)CCO1. The van der Waals surface area contributed by atoms with E-state index < -0.39 is 0 Å². The molecule has 15 heavy (non-hydrogen) atoms. The Morgan fingerprint density at radius 2 is 2.47 bits per heavy atom. The molecule has 1 atom stereocenters. The molecule has 1 aliphatic heterocycles. The van der Waals surface area contributed by atoms with Crippen molar-refractivity contribution in [2.75, 3.05) is 26.2 Å². The van der Waals surface area contributed by atoms with Crippen LogP contribution in [0.15, 0.2) is 24.4 Å². The van der Waals surface area contributed by atoms with Crippen LogP contribution in [0.1, 0.15) is 5.69 Å². The third-order valence-electron chi connectivity index (χ3n) is 2.60. The number of aromatic nitrogens is 1. The largest absolute Gasteiger partial charge is 0.374 e. The molecule has 1 aromatic heterocycles. The Bertz CT molecular complexity index is 291. The zero-order valence-electron chi connectivity index (χ0n) is 8.80. The Labute approximate surface area is 90.0 Å². The quantitative estimate of drug-likeness (QED) is 0.771. The van der Waals surface area contributed by atoms with Crippen LogP contribution in [0.2, 0.25) is 0 Å². The summed E-state index contributed by atoms with van der Waals surface area (Å²) in [6, 6.07) is 6.00. The lowest BCUT2D eigenvalue weighted by atomic mass is 10.2. The molecule has 0 radical (unpaired) electrons. The summed E-state index contributed by atoms with van der Waals surface area (Å²) < 4.78 is 5.51. The minimum Gasteiger partial charge on any atom is -0.374 e. The van der Waals surface area contributed by atoms with Crippen molar-refractivity contribution in [2.45, 2.75) is 12.6 Å².